The lowest BCUT2D eigenvalue weighted by molar-refractivity contribution is -0.885. The van der Waals surface area contributed by atoms with Crippen LogP contribution in [0.25, 0.3) is 0 Å². The van der Waals surface area contributed by atoms with E-state index in [1.165, 1.54) is 0 Å². The van der Waals surface area contributed by atoms with E-state index in [1.807, 2.05) is 64.2 Å². The van der Waals surface area contributed by atoms with E-state index in [9.17, 15) is 4.79 Å². The molecule has 0 bridgehead atoms. The van der Waals surface area contributed by atoms with Gasteiger partial charge in [-0.3, -0.25) is 4.79 Å². The Morgan fingerprint density at radius 3 is 2.42 bits per heavy atom. The van der Waals surface area contributed by atoms with E-state index in [2.05, 4.69) is 5.32 Å². The molecule has 2 N–H and O–H groups in total. The minimum absolute atomic E-state index is 0.0119. The largest absolute Gasteiger partial charge is 0.493 e. The fourth-order valence-corrected chi connectivity index (χ4v) is 2.98. The van der Waals surface area contributed by atoms with Gasteiger partial charge in [0.05, 0.1) is 20.8 Å². The zero-order valence-electron chi connectivity index (χ0n) is 16.3. The molecule has 0 saturated carbocycles. The number of rotatable bonds is 8. The normalized spacial score (nSPS) is 11.7. The maximum atomic E-state index is 12.4. The molecule has 2 aromatic rings. The first kappa shape index (κ1) is 19.8. The Morgan fingerprint density at radius 1 is 1.12 bits per heavy atom. The molecular weight excluding hydrogens is 328 g/mol. The highest BCUT2D eigenvalue weighted by molar-refractivity contribution is 5.93. The molecule has 1 atom stereocenters. The van der Waals surface area contributed by atoms with E-state index in [1.54, 1.807) is 7.11 Å². The van der Waals surface area contributed by atoms with Crippen molar-refractivity contribution < 1.29 is 19.2 Å². The fourth-order valence-electron chi connectivity index (χ4n) is 2.98. The van der Waals surface area contributed by atoms with Crippen LogP contribution in [0, 0.1) is 13.8 Å². The first-order chi connectivity index (χ1) is 12.4. The summed E-state index contributed by atoms with van der Waals surface area (Å²) in [6, 6.07) is 11.9. The quantitative estimate of drug-likeness (QED) is 0.763. The Balaban J connectivity index is 1.97. The number of quaternary nitrogens is 1. The molecule has 0 aromatic heterocycles. The number of ether oxygens (including phenoxy) is 2. The van der Waals surface area contributed by atoms with Crippen LogP contribution in [-0.2, 0) is 11.3 Å². The highest BCUT2D eigenvalue weighted by Crippen LogP contribution is 2.27. The molecule has 0 fully saturated rings. The zero-order chi connectivity index (χ0) is 19.1. The van der Waals surface area contributed by atoms with Gasteiger partial charge >= 0.3 is 0 Å². The maximum absolute atomic E-state index is 12.4. The smallest absolute Gasteiger partial charge is 0.279 e. The van der Waals surface area contributed by atoms with Crippen LogP contribution < -0.4 is 19.7 Å². The summed E-state index contributed by atoms with van der Waals surface area (Å²) in [4.78, 5) is 13.5. The molecule has 26 heavy (non-hydrogen) atoms. The van der Waals surface area contributed by atoms with Gasteiger partial charge in [0.1, 0.15) is 6.54 Å². The highest BCUT2D eigenvalue weighted by atomic mass is 16.5. The van der Waals surface area contributed by atoms with E-state index < -0.39 is 0 Å². The molecule has 0 aliphatic heterocycles. The number of hydrogen-bond acceptors (Lipinski definition) is 3. The van der Waals surface area contributed by atoms with Gasteiger partial charge in [0, 0.05) is 11.3 Å². The molecule has 1 amide bonds. The summed E-state index contributed by atoms with van der Waals surface area (Å²) in [5.41, 5.74) is 4.16. The third-order valence-electron chi connectivity index (χ3n) is 4.24. The van der Waals surface area contributed by atoms with Crippen molar-refractivity contribution in [1.29, 1.82) is 0 Å². The molecule has 2 rings (SSSR count). The molecule has 5 heteroatoms. The van der Waals surface area contributed by atoms with Crippen LogP contribution in [0.1, 0.15) is 23.6 Å². The molecule has 0 saturated heterocycles. The van der Waals surface area contributed by atoms with Gasteiger partial charge in [0.15, 0.2) is 18.0 Å². The van der Waals surface area contributed by atoms with Crippen LogP contribution in [-0.4, -0.2) is 33.2 Å². The second-order valence-electron chi connectivity index (χ2n) is 6.54. The summed E-state index contributed by atoms with van der Waals surface area (Å²) >= 11 is 0. The molecule has 1 unspecified atom stereocenters. The Morgan fingerprint density at radius 2 is 1.81 bits per heavy atom. The van der Waals surface area contributed by atoms with Crippen molar-refractivity contribution in [3.05, 3.63) is 53.1 Å². The van der Waals surface area contributed by atoms with Gasteiger partial charge in [-0.15, -0.1) is 0 Å². The number of likely N-dealkylation sites (N-methyl/N-ethyl adjacent to an activating group) is 1. The average molecular weight is 357 g/mol. The van der Waals surface area contributed by atoms with Crippen LogP contribution in [0.3, 0.4) is 0 Å². The second-order valence-corrected chi connectivity index (χ2v) is 6.54. The third-order valence-corrected chi connectivity index (χ3v) is 4.24. The SMILES string of the molecule is CCOc1ccc(C[NH+](C)CC(=O)Nc2c(C)cccc2C)cc1OC. The predicted octanol–water partition coefficient (Wildman–Crippen LogP) is 2.36. The molecule has 140 valence electrons. The fraction of sp³-hybridized carbons (Fsp3) is 0.381. The van der Waals surface area contributed by atoms with E-state index in [0.29, 0.717) is 13.2 Å². The summed E-state index contributed by atoms with van der Waals surface area (Å²) in [6.07, 6.45) is 0. The molecule has 0 radical (unpaired) electrons. The zero-order valence-corrected chi connectivity index (χ0v) is 16.3. The van der Waals surface area contributed by atoms with Crippen LogP contribution >= 0.6 is 0 Å². The Kier molecular flexibility index (Phi) is 7.04. The van der Waals surface area contributed by atoms with Crippen molar-refractivity contribution in [3.8, 4) is 11.5 Å². The average Bonchev–Trinajstić information content (AvgIpc) is 2.59. The Hall–Kier alpha value is -2.53. The Labute approximate surface area is 155 Å². The van der Waals surface area contributed by atoms with Crippen LogP contribution in [0.15, 0.2) is 36.4 Å². The number of amides is 1. The lowest BCUT2D eigenvalue weighted by atomic mass is 10.1. The number of carbonyl (C=O) groups excluding carboxylic acids is 1. The van der Waals surface area contributed by atoms with Gasteiger partial charge in [-0.1, -0.05) is 18.2 Å². The van der Waals surface area contributed by atoms with Crippen molar-refractivity contribution in [2.75, 3.05) is 32.6 Å². The highest BCUT2D eigenvalue weighted by Gasteiger charge is 2.14. The monoisotopic (exact) mass is 357 g/mol. The number of anilines is 1. The molecule has 2 aromatic carbocycles. The number of hydrogen-bond donors (Lipinski definition) is 2. The van der Waals surface area contributed by atoms with Crippen molar-refractivity contribution >= 4 is 11.6 Å². The predicted molar refractivity (Wildman–Crippen MR) is 104 cm³/mol. The first-order valence-corrected chi connectivity index (χ1v) is 8.91. The van der Waals surface area contributed by atoms with Crippen LogP contribution in [0.4, 0.5) is 5.69 Å². The summed E-state index contributed by atoms with van der Waals surface area (Å²) in [5, 5.41) is 3.04. The van der Waals surface area contributed by atoms with Crippen molar-refractivity contribution in [1.82, 2.24) is 0 Å². The summed E-state index contributed by atoms with van der Waals surface area (Å²) in [6.45, 7) is 7.67. The molecule has 5 nitrogen and oxygen atoms in total. The minimum atomic E-state index is 0.0119. The number of para-hydroxylation sites is 1. The van der Waals surface area contributed by atoms with E-state index in [0.717, 1.165) is 45.3 Å². The van der Waals surface area contributed by atoms with Gasteiger partial charge in [-0.05, 0) is 50.1 Å². The number of methoxy groups -OCH3 is 1. The number of nitrogens with one attached hydrogen (secondary N) is 2. The Bertz CT molecular complexity index is 739. The van der Waals surface area contributed by atoms with Gasteiger partial charge < -0.3 is 19.7 Å². The number of benzene rings is 2. The lowest BCUT2D eigenvalue weighted by Gasteiger charge is -2.17. The standard InChI is InChI=1S/C21H28N2O3/c1-6-26-18-11-10-17(12-19(18)25-5)13-23(4)14-20(24)22-21-15(2)8-7-9-16(21)3/h7-12H,6,13-14H2,1-5H3,(H,22,24)/p+1. The topological polar surface area (TPSA) is 52.0 Å². The summed E-state index contributed by atoms with van der Waals surface area (Å²) in [7, 11) is 3.64. The first-order valence-electron chi connectivity index (χ1n) is 8.91. The van der Waals surface area contributed by atoms with Crippen LogP contribution in [0.5, 0.6) is 11.5 Å². The number of carbonyl (C=O) groups is 1. The van der Waals surface area contributed by atoms with E-state index in [4.69, 9.17) is 9.47 Å². The second kappa shape index (κ2) is 9.25. The van der Waals surface area contributed by atoms with Gasteiger partial charge in [-0.2, -0.15) is 0 Å². The van der Waals surface area contributed by atoms with Crippen molar-refractivity contribution in [2.24, 2.45) is 0 Å². The van der Waals surface area contributed by atoms with Crippen molar-refractivity contribution in [2.45, 2.75) is 27.3 Å². The minimum Gasteiger partial charge on any atom is -0.493 e. The van der Waals surface area contributed by atoms with E-state index >= 15 is 0 Å². The summed E-state index contributed by atoms with van der Waals surface area (Å²) < 4.78 is 10.9. The molecule has 0 aliphatic carbocycles. The molecule has 0 spiro atoms. The van der Waals surface area contributed by atoms with Gasteiger partial charge in [-0.25, -0.2) is 0 Å². The van der Waals surface area contributed by atoms with Crippen molar-refractivity contribution in [3.63, 3.8) is 0 Å². The van der Waals surface area contributed by atoms with Crippen LogP contribution in [0.2, 0.25) is 0 Å². The molecule has 0 aliphatic rings. The van der Waals surface area contributed by atoms with Gasteiger partial charge in [0.2, 0.25) is 0 Å². The third kappa shape index (κ3) is 5.23. The molecular formula is C21H29N2O3+. The summed E-state index contributed by atoms with van der Waals surface area (Å²) in [5.74, 6) is 1.47. The molecule has 0 heterocycles. The number of aryl methyl sites for hydroxylation is 2. The lowest BCUT2D eigenvalue weighted by Crippen LogP contribution is -3.08. The van der Waals surface area contributed by atoms with Gasteiger partial charge in [0.25, 0.3) is 5.91 Å². The van der Waals surface area contributed by atoms with E-state index in [-0.39, 0.29) is 5.91 Å². The maximum Gasteiger partial charge on any atom is 0.279 e.